The highest BCUT2D eigenvalue weighted by atomic mass is 32.1. The number of nitrogens with two attached hydrogens (primary N) is 1. The number of hydrogen-bond donors (Lipinski definition) is 4. The standard InChI is InChI=1S/C7H15NOS.C6H15N.CH3NOS/c1-3-5-8(6-4-2)7(9)10;1-3-5-7-6-4-2;2-1(3)4/h3-6H2,1-2H3,(H,9,10);7H,3-6H2,1-2H3;(H3,2,3,4). The Morgan fingerprint density at radius 1 is 0.905 bits per heavy atom. The van der Waals surface area contributed by atoms with E-state index in [-0.39, 0.29) is 5.17 Å². The van der Waals surface area contributed by atoms with Crippen LogP contribution in [-0.4, -0.2) is 51.6 Å². The maximum Gasteiger partial charge on any atom is 0.256 e. The van der Waals surface area contributed by atoms with Crippen LogP contribution in [0, 0.1) is 0 Å². The fourth-order valence-electron chi connectivity index (χ4n) is 1.32. The first kappa shape index (κ1) is 25.3. The molecule has 0 heterocycles. The minimum atomic E-state index is -0.500. The maximum absolute atomic E-state index is 8.93. The van der Waals surface area contributed by atoms with E-state index >= 15 is 0 Å². The summed E-state index contributed by atoms with van der Waals surface area (Å²) in [6.45, 7) is 12.6. The molecule has 0 spiro atoms. The summed E-state index contributed by atoms with van der Waals surface area (Å²) >= 11 is 8.50. The van der Waals surface area contributed by atoms with E-state index in [0.717, 1.165) is 25.9 Å². The molecule has 0 aliphatic rings. The zero-order chi connectivity index (χ0) is 17.1. The fourth-order valence-corrected chi connectivity index (χ4v) is 1.50. The van der Waals surface area contributed by atoms with Gasteiger partial charge in [-0.2, -0.15) is 0 Å². The van der Waals surface area contributed by atoms with Crippen LogP contribution < -0.4 is 11.1 Å². The zero-order valence-electron chi connectivity index (χ0n) is 13.9. The molecule has 0 saturated heterocycles. The van der Waals surface area contributed by atoms with Crippen molar-refractivity contribution < 1.29 is 10.2 Å². The average Bonchev–Trinajstić information content (AvgIpc) is 2.39. The molecule has 0 amide bonds. The molecule has 0 saturated carbocycles. The molecule has 0 radical (unpaired) electrons. The second-order valence-electron chi connectivity index (χ2n) is 4.36. The normalized spacial score (nSPS) is 8.76. The molecule has 0 aromatic rings. The van der Waals surface area contributed by atoms with Crippen LogP contribution >= 0.6 is 24.4 Å². The van der Waals surface area contributed by atoms with Gasteiger partial charge < -0.3 is 26.2 Å². The summed E-state index contributed by atoms with van der Waals surface area (Å²) in [6.07, 6.45) is 4.56. The van der Waals surface area contributed by atoms with Gasteiger partial charge in [0, 0.05) is 13.1 Å². The lowest BCUT2D eigenvalue weighted by Gasteiger charge is -2.19. The second kappa shape index (κ2) is 21.6. The molecular formula is C14H33N3O2S2. The minimum Gasteiger partial charge on any atom is -0.487 e. The molecule has 0 aromatic heterocycles. The first-order valence-corrected chi connectivity index (χ1v) is 8.35. The number of aliphatic hydroxyl groups is 2. The molecule has 0 rings (SSSR count). The molecule has 5 nitrogen and oxygen atoms in total. The molecule has 0 unspecified atom stereocenters. The fraction of sp³-hybridized carbons (Fsp3) is 0.857. The van der Waals surface area contributed by atoms with Crippen molar-refractivity contribution in [3.63, 3.8) is 0 Å². The Labute approximate surface area is 140 Å². The van der Waals surface area contributed by atoms with Gasteiger partial charge in [0.25, 0.3) is 10.3 Å². The highest BCUT2D eigenvalue weighted by Crippen LogP contribution is 1.94. The Kier molecular flexibility index (Phi) is 26.1. The molecular weight excluding hydrogens is 306 g/mol. The van der Waals surface area contributed by atoms with Gasteiger partial charge in [-0.1, -0.05) is 27.7 Å². The van der Waals surface area contributed by atoms with E-state index in [2.05, 4.69) is 63.2 Å². The van der Waals surface area contributed by atoms with Crippen LogP contribution in [0.15, 0.2) is 0 Å². The Bertz CT molecular complexity index is 228. The lowest BCUT2D eigenvalue weighted by Crippen LogP contribution is -2.30. The molecule has 0 fully saturated rings. The first-order valence-electron chi connectivity index (χ1n) is 7.54. The summed E-state index contributed by atoms with van der Waals surface area (Å²) in [4.78, 5) is 1.81. The van der Waals surface area contributed by atoms with Gasteiger partial charge in [0.1, 0.15) is 0 Å². The van der Waals surface area contributed by atoms with E-state index in [1.807, 2.05) is 4.90 Å². The van der Waals surface area contributed by atoms with E-state index in [1.54, 1.807) is 0 Å². The Balaban J connectivity index is -0.000000256. The van der Waals surface area contributed by atoms with Crippen molar-refractivity contribution in [1.82, 2.24) is 10.2 Å². The van der Waals surface area contributed by atoms with Gasteiger partial charge in [-0.05, 0) is 63.2 Å². The largest absolute Gasteiger partial charge is 0.487 e. The topological polar surface area (TPSA) is 81.8 Å². The Hall–Kier alpha value is -0.660. The van der Waals surface area contributed by atoms with E-state index in [9.17, 15) is 0 Å². The quantitative estimate of drug-likeness (QED) is 0.399. The molecule has 5 N–H and O–H groups in total. The Morgan fingerprint density at radius 2 is 1.24 bits per heavy atom. The molecule has 128 valence electrons. The van der Waals surface area contributed by atoms with Gasteiger partial charge in [-0.25, -0.2) is 0 Å². The highest BCUT2D eigenvalue weighted by Gasteiger charge is 2.03. The third-order valence-corrected chi connectivity index (χ3v) is 2.37. The van der Waals surface area contributed by atoms with Crippen molar-refractivity contribution in [2.75, 3.05) is 26.2 Å². The van der Waals surface area contributed by atoms with Gasteiger partial charge in [-0.15, -0.1) is 0 Å². The maximum atomic E-state index is 8.93. The summed E-state index contributed by atoms with van der Waals surface area (Å²) in [5.74, 6) is 0. The number of rotatable bonds is 8. The SMILES string of the molecule is CCCN(CCC)C(O)=S.CCCNCCC.NC(O)=S. The Morgan fingerprint density at radius 3 is 1.43 bits per heavy atom. The molecule has 0 bridgehead atoms. The van der Waals surface area contributed by atoms with Crippen LogP contribution in [0.3, 0.4) is 0 Å². The minimum absolute atomic E-state index is 0.0312. The van der Waals surface area contributed by atoms with Crippen molar-refractivity contribution >= 4 is 34.8 Å². The van der Waals surface area contributed by atoms with Crippen molar-refractivity contribution in [2.24, 2.45) is 5.73 Å². The van der Waals surface area contributed by atoms with E-state index in [0.29, 0.717) is 0 Å². The monoisotopic (exact) mass is 339 g/mol. The first-order chi connectivity index (χ1) is 9.87. The predicted octanol–water partition coefficient (Wildman–Crippen LogP) is 3.14. The molecule has 7 heteroatoms. The molecule has 0 aliphatic carbocycles. The van der Waals surface area contributed by atoms with Gasteiger partial charge in [0.2, 0.25) is 0 Å². The summed E-state index contributed by atoms with van der Waals surface area (Å²) in [5.41, 5.74) is 4.40. The van der Waals surface area contributed by atoms with Crippen LogP contribution in [-0.2, 0) is 0 Å². The number of thiocarbonyl (C=S) groups is 2. The molecule has 21 heavy (non-hydrogen) atoms. The van der Waals surface area contributed by atoms with Crippen LogP contribution in [0.1, 0.15) is 53.4 Å². The smallest absolute Gasteiger partial charge is 0.256 e. The van der Waals surface area contributed by atoms with Crippen molar-refractivity contribution in [3.05, 3.63) is 0 Å². The van der Waals surface area contributed by atoms with Crippen LogP contribution in [0.2, 0.25) is 0 Å². The average molecular weight is 340 g/mol. The van der Waals surface area contributed by atoms with Crippen LogP contribution in [0.25, 0.3) is 0 Å². The zero-order valence-corrected chi connectivity index (χ0v) is 15.5. The van der Waals surface area contributed by atoms with Crippen molar-refractivity contribution in [2.45, 2.75) is 53.4 Å². The van der Waals surface area contributed by atoms with Crippen molar-refractivity contribution in [3.8, 4) is 0 Å². The van der Waals surface area contributed by atoms with Crippen LogP contribution in [0.5, 0.6) is 0 Å². The molecule has 0 atom stereocenters. The van der Waals surface area contributed by atoms with E-state index in [4.69, 9.17) is 10.2 Å². The van der Waals surface area contributed by atoms with Gasteiger partial charge >= 0.3 is 0 Å². The molecule has 0 aromatic carbocycles. The number of aliphatic hydroxyl groups excluding tert-OH is 2. The number of nitrogens with zero attached hydrogens (tertiary/aromatic N) is 1. The number of hydrogen-bond acceptors (Lipinski definition) is 3. The predicted molar refractivity (Wildman–Crippen MR) is 100 cm³/mol. The summed E-state index contributed by atoms with van der Waals surface area (Å²) in [6, 6.07) is 0. The lowest BCUT2D eigenvalue weighted by molar-refractivity contribution is 0.344. The lowest BCUT2D eigenvalue weighted by atomic mass is 10.4. The van der Waals surface area contributed by atoms with Gasteiger partial charge in [0.15, 0.2) is 0 Å². The van der Waals surface area contributed by atoms with E-state index < -0.39 is 5.17 Å². The second-order valence-corrected chi connectivity index (χ2v) is 5.14. The van der Waals surface area contributed by atoms with E-state index in [1.165, 1.54) is 25.9 Å². The summed E-state index contributed by atoms with van der Waals surface area (Å²) < 4.78 is 0. The van der Waals surface area contributed by atoms with Crippen molar-refractivity contribution in [1.29, 1.82) is 0 Å². The third-order valence-electron chi connectivity index (χ3n) is 2.11. The van der Waals surface area contributed by atoms with Crippen LogP contribution in [0.4, 0.5) is 0 Å². The number of nitrogens with one attached hydrogen (secondary N) is 1. The van der Waals surface area contributed by atoms with Gasteiger partial charge in [-0.3, -0.25) is 0 Å². The molecule has 0 aliphatic heterocycles. The summed E-state index contributed by atoms with van der Waals surface area (Å²) in [7, 11) is 0. The summed E-state index contributed by atoms with van der Waals surface area (Å²) in [5, 5.41) is 19.3. The third kappa shape index (κ3) is 32.7. The van der Waals surface area contributed by atoms with Gasteiger partial charge in [0.05, 0.1) is 0 Å². The highest BCUT2D eigenvalue weighted by molar-refractivity contribution is 7.80.